The molecule has 0 aliphatic heterocycles. The van der Waals surface area contributed by atoms with Gasteiger partial charge in [0.1, 0.15) is 0 Å². The Morgan fingerprint density at radius 3 is 1.73 bits per heavy atom. The van der Waals surface area contributed by atoms with Crippen molar-refractivity contribution in [2.24, 2.45) is 0 Å². The molecule has 0 fully saturated rings. The van der Waals surface area contributed by atoms with Gasteiger partial charge in [-0.15, -0.1) is 0 Å². The predicted octanol–water partition coefficient (Wildman–Crippen LogP) is 5.02. The molecule has 0 heterocycles. The van der Waals surface area contributed by atoms with Crippen molar-refractivity contribution in [1.29, 1.82) is 0 Å². The van der Waals surface area contributed by atoms with E-state index in [4.69, 9.17) is 0 Å². The Morgan fingerprint density at radius 2 is 1.27 bits per heavy atom. The van der Waals surface area contributed by atoms with Crippen molar-refractivity contribution in [2.45, 2.75) is 6.18 Å². The first-order valence-electron chi connectivity index (χ1n) is 6.61. The molecular weight excluding hydrogens is 376 g/mol. The van der Waals surface area contributed by atoms with Gasteiger partial charge in [0.15, 0.2) is 0 Å². The maximum atomic E-state index is 13.4. The fraction of sp³-hybridized carbons (Fsp3) is 0.0625. The summed E-state index contributed by atoms with van der Waals surface area (Å²) in [6.45, 7) is 0. The average Bonchev–Trinajstić information content (AvgIpc) is 2.60. The van der Waals surface area contributed by atoms with E-state index >= 15 is 0 Å². The number of alkyl halides is 3. The number of hydrogen-bond donors (Lipinski definition) is 0. The zero-order valence-electron chi connectivity index (χ0n) is 12.3. The van der Waals surface area contributed by atoms with E-state index in [9.17, 15) is 39.9 Å². The summed E-state index contributed by atoms with van der Waals surface area (Å²) < 4.78 is 107. The molecular formula is C16H6F8O2. The van der Waals surface area contributed by atoms with Crippen LogP contribution in [0.3, 0.4) is 0 Å². The normalized spacial score (nSPS) is 11.8. The number of carbonyl (C=O) groups is 1. The molecule has 0 aliphatic carbocycles. The van der Waals surface area contributed by atoms with Gasteiger partial charge in [-0.25, -0.2) is 18.0 Å². The molecule has 138 valence electrons. The summed E-state index contributed by atoms with van der Waals surface area (Å²) in [4.78, 5) is 11.5. The molecule has 0 saturated carbocycles. The molecule has 0 amide bonds. The van der Waals surface area contributed by atoms with E-state index in [1.54, 1.807) is 0 Å². The fourth-order valence-electron chi connectivity index (χ4n) is 1.76. The van der Waals surface area contributed by atoms with Crippen molar-refractivity contribution in [3.63, 3.8) is 0 Å². The first kappa shape index (κ1) is 19.4. The van der Waals surface area contributed by atoms with Crippen LogP contribution in [-0.2, 0) is 11.0 Å². The lowest BCUT2D eigenvalue weighted by atomic mass is 10.1. The van der Waals surface area contributed by atoms with Crippen molar-refractivity contribution >= 4 is 12.0 Å². The van der Waals surface area contributed by atoms with E-state index in [-0.39, 0.29) is 5.56 Å². The Kier molecular flexibility index (Phi) is 5.33. The second-order valence-corrected chi connectivity index (χ2v) is 4.77. The first-order valence-corrected chi connectivity index (χ1v) is 6.61. The van der Waals surface area contributed by atoms with Gasteiger partial charge < -0.3 is 4.74 Å². The minimum Gasteiger partial charge on any atom is -0.417 e. The van der Waals surface area contributed by atoms with Crippen molar-refractivity contribution in [3.05, 3.63) is 70.6 Å². The van der Waals surface area contributed by atoms with Crippen LogP contribution in [0.5, 0.6) is 5.75 Å². The predicted molar refractivity (Wildman–Crippen MR) is 72.3 cm³/mol. The van der Waals surface area contributed by atoms with Crippen molar-refractivity contribution in [1.82, 2.24) is 0 Å². The fourth-order valence-corrected chi connectivity index (χ4v) is 1.76. The Morgan fingerprint density at radius 1 is 0.808 bits per heavy atom. The summed E-state index contributed by atoms with van der Waals surface area (Å²) in [5.74, 6) is -15.0. The van der Waals surface area contributed by atoms with Gasteiger partial charge in [-0.2, -0.15) is 22.0 Å². The second-order valence-electron chi connectivity index (χ2n) is 4.77. The van der Waals surface area contributed by atoms with Crippen LogP contribution in [-0.4, -0.2) is 5.97 Å². The third-order valence-electron chi connectivity index (χ3n) is 3.02. The number of ether oxygens (including phenoxy) is 1. The number of halogens is 8. The summed E-state index contributed by atoms with van der Waals surface area (Å²) in [7, 11) is 0. The molecule has 2 aromatic rings. The topological polar surface area (TPSA) is 26.3 Å². The summed E-state index contributed by atoms with van der Waals surface area (Å²) in [5.41, 5.74) is -0.856. The first-order chi connectivity index (χ1) is 12.0. The molecule has 0 saturated heterocycles. The van der Waals surface area contributed by atoms with Crippen LogP contribution in [0.1, 0.15) is 11.1 Å². The minimum absolute atomic E-state index is 0.0901. The molecule has 0 aromatic heterocycles. The monoisotopic (exact) mass is 382 g/mol. The van der Waals surface area contributed by atoms with E-state index in [0.29, 0.717) is 6.08 Å². The van der Waals surface area contributed by atoms with Gasteiger partial charge in [0.25, 0.3) is 0 Å². The lowest BCUT2D eigenvalue weighted by molar-refractivity contribution is -0.137. The zero-order chi connectivity index (χ0) is 19.6. The van der Waals surface area contributed by atoms with Crippen molar-refractivity contribution < 1.29 is 44.7 Å². The molecule has 0 N–H and O–H groups in total. The lowest BCUT2D eigenvalue weighted by Gasteiger charge is -2.07. The van der Waals surface area contributed by atoms with Crippen molar-refractivity contribution in [3.8, 4) is 5.75 Å². The van der Waals surface area contributed by atoms with Crippen LogP contribution in [0.15, 0.2) is 30.3 Å². The smallest absolute Gasteiger partial charge is 0.416 e. The molecule has 2 nitrogen and oxygen atoms in total. The molecule has 0 radical (unpaired) electrons. The quantitative estimate of drug-likeness (QED) is 0.186. The highest BCUT2D eigenvalue weighted by Crippen LogP contribution is 2.30. The van der Waals surface area contributed by atoms with Gasteiger partial charge in [-0.1, -0.05) is 12.1 Å². The van der Waals surface area contributed by atoms with Crippen LogP contribution in [0, 0.1) is 29.1 Å². The Balaban J connectivity index is 2.18. The molecule has 10 heteroatoms. The molecule has 26 heavy (non-hydrogen) atoms. The number of carbonyl (C=O) groups excluding carboxylic acids is 1. The van der Waals surface area contributed by atoms with Crippen LogP contribution in [0.4, 0.5) is 35.1 Å². The molecule has 2 rings (SSSR count). The highest BCUT2D eigenvalue weighted by Gasteiger charge is 2.30. The SMILES string of the molecule is O=C(/C=C/c1ccc(C(F)(F)F)cc1)Oc1c(F)c(F)c(F)c(F)c1F. The van der Waals surface area contributed by atoms with Gasteiger partial charge in [0.05, 0.1) is 5.56 Å². The summed E-state index contributed by atoms with van der Waals surface area (Å²) >= 11 is 0. The molecule has 2 aromatic carbocycles. The molecule has 0 bridgehead atoms. The summed E-state index contributed by atoms with van der Waals surface area (Å²) in [5, 5.41) is 0. The van der Waals surface area contributed by atoms with Gasteiger partial charge in [0, 0.05) is 6.08 Å². The van der Waals surface area contributed by atoms with Crippen LogP contribution >= 0.6 is 0 Å². The van der Waals surface area contributed by atoms with Crippen LogP contribution in [0.2, 0.25) is 0 Å². The standard InChI is InChI=1S/C16H6F8O2/c17-10-11(18)13(20)15(14(21)12(10)19)26-9(25)6-3-7-1-4-8(5-2-7)16(22,23)24/h1-6H/b6-3+. The Labute approximate surface area is 140 Å². The van der Waals surface area contributed by atoms with Gasteiger partial charge >= 0.3 is 12.1 Å². The van der Waals surface area contributed by atoms with Gasteiger partial charge in [-0.3, -0.25) is 0 Å². The number of esters is 1. The lowest BCUT2D eigenvalue weighted by Crippen LogP contribution is -2.11. The van der Waals surface area contributed by atoms with Crippen LogP contribution in [0.25, 0.3) is 6.08 Å². The van der Waals surface area contributed by atoms with E-state index in [1.165, 1.54) is 0 Å². The third-order valence-corrected chi connectivity index (χ3v) is 3.02. The number of rotatable bonds is 3. The average molecular weight is 382 g/mol. The second kappa shape index (κ2) is 7.14. The maximum absolute atomic E-state index is 13.4. The largest absolute Gasteiger partial charge is 0.417 e. The Hall–Kier alpha value is -2.91. The van der Waals surface area contributed by atoms with Crippen LogP contribution < -0.4 is 4.74 Å². The highest BCUT2D eigenvalue weighted by atomic mass is 19.4. The number of hydrogen-bond acceptors (Lipinski definition) is 2. The number of benzene rings is 2. The molecule has 0 atom stereocenters. The zero-order valence-corrected chi connectivity index (χ0v) is 12.3. The van der Waals surface area contributed by atoms with E-state index in [2.05, 4.69) is 4.74 Å². The minimum atomic E-state index is -4.56. The van der Waals surface area contributed by atoms with Gasteiger partial charge in [0.2, 0.25) is 34.8 Å². The van der Waals surface area contributed by atoms with E-state index in [0.717, 1.165) is 30.3 Å². The molecule has 0 unspecified atom stereocenters. The summed E-state index contributed by atoms with van der Waals surface area (Å²) in [6.07, 6.45) is -3.10. The van der Waals surface area contributed by atoms with Gasteiger partial charge in [-0.05, 0) is 23.8 Å². The third kappa shape index (κ3) is 4.01. The maximum Gasteiger partial charge on any atom is 0.416 e. The van der Waals surface area contributed by atoms with Crippen molar-refractivity contribution in [2.75, 3.05) is 0 Å². The Bertz CT molecular complexity index is 840. The molecule has 0 aliphatic rings. The van der Waals surface area contributed by atoms with E-state index in [1.807, 2.05) is 0 Å². The van der Waals surface area contributed by atoms with E-state index < -0.39 is 52.5 Å². The summed E-state index contributed by atoms with van der Waals surface area (Å²) in [6, 6.07) is 3.42. The molecule has 0 spiro atoms. The highest BCUT2D eigenvalue weighted by molar-refractivity contribution is 5.88.